The molecule has 2 aromatic heterocycles. The molecule has 6 heteroatoms. The van der Waals surface area contributed by atoms with Crippen LogP contribution in [-0.4, -0.2) is 39.1 Å². The number of nitrogens with one attached hydrogen (secondary N) is 1. The molecule has 0 saturated carbocycles. The number of carbonyl (C=O) groups is 1. The number of aromatic amines is 1. The highest BCUT2D eigenvalue weighted by Crippen LogP contribution is 2.27. The summed E-state index contributed by atoms with van der Waals surface area (Å²) in [6.45, 7) is 3.34. The first-order valence-corrected chi connectivity index (χ1v) is 6.43. The van der Waals surface area contributed by atoms with Gasteiger partial charge in [-0.15, -0.1) is 0 Å². The largest absolute Gasteiger partial charge is 0.481 e. The Morgan fingerprint density at radius 1 is 1.53 bits per heavy atom. The Hall–Kier alpha value is -2.11. The molecule has 2 N–H and O–H groups in total. The number of piperidine rings is 1. The molecule has 3 rings (SSSR count). The van der Waals surface area contributed by atoms with Crippen LogP contribution in [0.1, 0.15) is 18.5 Å². The van der Waals surface area contributed by atoms with Crippen molar-refractivity contribution in [2.75, 3.05) is 18.0 Å². The molecule has 6 nitrogen and oxygen atoms in total. The molecule has 0 aromatic carbocycles. The lowest BCUT2D eigenvalue weighted by atomic mass is 9.98. The van der Waals surface area contributed by atoms with Gasteiger partial charge in [0.15, 0.2) is 0 Å². The molecule has 0 bridgehead atoms. The van der Waals surface area contributed by atoms with Crippen LogP contribution in [0.3, 0.4) is 0 Å². The zero-order chi connectivity index (χ0) is 13.4. The molecule has 1 saturated heterocycles. The highest BCUT2D eigenvalue weighted by Gasteiger charge is 2.27. The maximum Gasteiger partial charge on any atom is 0.308 e. The van der Waals surface area contributed by atoms with Crippen molar-refractivity contribution in [3.8, 4) is 0 Å². The molecule has 0 amide bonds. The molecule has 1 fully saturated rings. The molecular weight excluding hydrogens is 244 g/mol. The predicted molar refractivity (Wildman–Crippen MR) is 71.2 cm³/mol. The van der Waals surface area contributed by atoms with Crippen molar-refractivity contribution in [2.45, 2.75) is 19.8 Å². The Balaban J connectivity index is 1.97. The summed E-state index contributed by atoms with van der Waals surface area (Å²) in [7, 11) is 0. The van der Waals surface area contributed by atoms with Crippen molar-refractivity contribution in [3.63, 3.8) is 0 Å². The summed E-state index contributed by atoms with van der Waals surface area (Å²) in [5.74, 6) is -0.195. The monoisotopic (exact) mass is 260 g/mol. The van der Waals surface area contributed by atoms with Crippen LogP contribution in [0.2, 0.25) is 0 Å². The van der Waals surface area contributed by atoms with Gasteiger partial charge >= 0.3 is 5.97 Å². The topological polar surface area (TPSA) is 82.1 Å². The predicted octanol–water partition coefficient (Wildman–Crippen LogP) is 1.57. The van der Waals surface area contributed by atoms with E-state index in [0.29, 0.717) is 6.54 Å². The van der Waals surface area contributed by atoms with E-state index in [-0.39, 0.29) is 5.92 Å². The van der Waals surface area contributed by atoms with E-state index in [2.05, 4.69) is 19.9 Å². The summed E-state index contributed by atoms with van der Waals surface area (Å²) in [5.41, 5.74) is 1.84. The fourth-order valence-corrected chi connectivity index (χ4v) is 2.68. The van der Waals surface area contributed by atoms with E-state index < -0.39 is 5.97 Å². The van der Waals surface area contributed by atoms with Crippen LogP contribution < -0.4 is 4.90 Å². The molecular formula is C13H16N4O2. The van der Waals surface area contributed by atoms with E-state index in [4.69, 9.17) is 5.11 Å². The number of rotatable bonds is 2. The van der Waals surface area contributed by atoms with Gasteiger partial charge in [0.1, 0.15) is 17.8 Å². The standard InChI is InChI=1S/C13H16N4O2/c1-8-5-10-11(16-8)14-7-15-12(10)17-4-2-3-9(6-17)13(18)19/h5,7,9H,2-4,6H2,1H3,(H,18,19)(H,14,15,16). The van der Waals surface area contributed by atoms with Crippen molar-refractivity contribution in [1.82, 2.24) is 15.0 Å². The van der Waals surface area contributed by atoms with Gasteiger partial charge in [0, 0.05) is 18.8 Å². The lowest BCUT2D eigenvalue weighted by molar-refractivity contribution is -0.141. The fourth-order valence-electron chi connectivity index (χ4n) is 2.68. The molecule has 0 spiro atoms. The third kappa shape index (κ3) is 2.14. The van der Waals surface area contributed by atoms with Crippen LogP contribution in [0.4, 0.5) is 5.82 Å². The number of fused-ring (bicyclic) bond motifs is 1. The van der Waals surface area contributed by atoms with Crippen LogP contribution in [-0.2, 0) is 4.79 Å². The Morgan fingerprint density at radius 2 is 2.37 bits per heavy atom. The summed E-state index contributed by atoms with van der Waals surface area (Å²) < 4.78 is 0. The average Bonchev–Trinajstić information content (AvgIpc) is 2.78. The summed E-state index contributed by atoms with van der Waals surface area (Å²) in [6, 6.07) is 2.01. The molecule has 1 unspecified atom stereocenters. The molecule has 1 aliphatic rings. The summed E-state index contributed by atoms with van der Waals surface area (Å²) in [4.78, 5) is 24.9. The molecule has 19 heavy (non-hydrogen) atoms. The zero-order valence-electron chi connectivity index (χ0n) is 10.8. The van der Waals surface area contributed by atoms with Crippen LogP contribution in [0.5, 0.6) is 0 Å². The van der Waals surface area contributed by atoms with E-state index in [1.165, 1.54) is 6.33 Å². The van der Waals surface area contributed by atoms with Crippen LogP contribution in [0.15, 0.2) is 12.4 Å². The van der Waals surface area contributed by atoms with Crippen molar-refractivity contribution < 1.29 is 9.90 Å². The number of aliphatic carboxylic acids is 1. The van der Waals surface area contributed by atoms with Crippen molar-refractivity contribution >= 4 is 22.8 Å². The number of hydrogen-bond donors (Lipinski definition) is 2. The summed E-state index contributed by atoms with van der Waals surface area (Å²) in [6.07, 6.45) is 3.15. The number of aromatic nitrogens is 3. The average molecular weight is 260 g/mol. The fraction of sp³-hybridized carbons (Fsp3) is 0.462. The number of carboxylic acids is 1. The number of aryl methyl sites for hydroxylation is 1. The minimum atomic E-state index is -0.722. The van der Waals surface area contributed by atoms with Gasteiger partial charge in [0.25, 0.3) is 0 Å². The Bertz CT molecular complexity index is 622. The van der Waals surface area contributed by atoms with Gasteiger partial charge in [-0.05, 0) is 25.8 Å². The first kappa shape index (κ1) is 12.0. The zero-order valence-corrected chi connectivity index (χ0v) is 10.8. The second-order valence-electron chi connectivity index (χ2n) is 5.04. The molecule has 3 heterocycles. The minimum Gasteiger partial charge on any atom is -0.481 e. The van der Waals surface area contributed by atoms with Crippen LogP contribution >= 0.6 is 0 Å². The quantitative estimate of drug-likeness (QED) is 0.856. The van der Waals surface area contributed by atoms with E-state index in [0.717, 1.165) is 41.9 Å². The highest BCUT2D eigenvalue weighted by atomic mass is 16.4. The number of carboxylic acid groups (broad SMARTS) is 1. The number of hydrogen-bond acceptors (Lipinski definition) is 4. The lowest BCUT2D eigenvalue weighted by Crippen LogP contribution is -2.39. The van der Waals surface area contributed by atoms with Gasteiger partial charge < -0.3 is 15.0 Å². The lowest BCUT2D eigenvalue weighted by Gasteiger charge is -2.31. The molecule has 2 aromatic rings. The smallest absolute Gasteiger partial charge is 0.308 e. The van der Waals surface area contributed by atoms with E-state index >= 15 is 0 Å². The highest BCUT2D eigenvalue weighted by molar-refractivity contribution is 5.88. The van der Waals surface area contributed by atoms with E-state index in [1.54, 1.807) is 0 Å². The molecule has 100 valence electrons. The first-order chi connectivity index (χ1) is 9.15. The molecule has 1 atom stereocenters. The first-order valence-electron chi connectivity index (χ1n) is 6.43. The Labute approximate surface area is 110 Å². The van der Waals surface area contributed by atoms with E-state index in [1.807, 2.05) is 13.0 Å². The van der Waals surface area contributed by atoms with Gasteiger partial charge in [-0.25, -0.2) is 9.97 Å². The van der Waals surface area contributed by atoms with Crippen LogP contribution in [0.25, 0.3) is 11.0 Å². The maximum atomic E-state index is 11.1. The minimum absolute atomic E-state index is 0.307. The number of H-pyrrole nitrogens is 1. The maximum absolute atomic E-state index is 11.1. The Morgan fingerprint density at radius 3 is 3.16 bits per heavy atom. The second-order valence-corrected chi connectivity index (χ2v) is 5.04. The van der Waals surface area contributed by atoms with Crippen molar-refractivity contribution in [2.24, 2.45) is 5.92 Å². The SMILES string of the molecule is Cc1cc2c(N3CCCC(C(=O)O)C3)ncnc2[nH]1. The number of anilines is 1. The van der Waals surface area contributed by atoms with Crippen molar-refractivity contribution in [1.29, 1.82) is 0 Å². The summed E-state index contributed by atoms with van der Waals surface area (Å²) >= 11 is 0. The van der Waals surface area contributed by atoms with Gasteiger partial charge in [0.05, 0.1) is 11.3 Å². The molecule has 0 radical (unpaired) electrons. The van der Waals surface area contributed by atoms with E-state index in [9.17, 15) is 4.79 Å². The van der Waals surface area contributed by atoms with Crippen LogP contribution in [0, 0.1) is 12.8 Å². The third-order valence-corrected chi connectivity index (χ3v) is 3.61. The van der Waals surface area contributed by atoms with Crippen molar-refractivity contribution in [3.05, 3.63) is 18.1 Å². The Kier molecular flexibility index (Phi) is 2.85. The second kappa shape index (κ2) is 4.53. The van der Waals surface area contributed by atoms with Gasteiger partial charge in [-0.1, -0.05) is 0 Å². The number of nitrogens with zero attached hydrogens (tertiary/aromatic N) is 3. The van der Waals surface area contributed by atoms with Gasteiger partial charge in [0.2, 0.25) is 0 Å². The van der Waals surface area contributed by atoms with Gasteiger partial charge in [-0.2, -0.15) is 0 Å². The summed E-state index contributed by atoms with van der Waals surface area (Å²) in [5, 5.41) is 10.1. The third-order valence-electron chi connectivity index (χ3n) is 3.61. The molecule has 1 aliphatic heterocycles. The normalized spacial score (nSPS) is 19.8. The molecule has 0 aliphatic carbocycles. The van der Waals surface area contributed by atoms with Gasteiger partial charge in [-0.3, -0.25) is 4.79 Å².